The maximum atomic E-state index is 13.8. The molecule has 16 nitrogen and oxygen atoms in total. The Hall–Kier alpha value is -4.38. The van der Waals surface area contributed by atoms with Crippen LogP contribution in [0.1, 0.15) is 205 Å². The molecule has 1 saturated heterocycles. The third-order valence-corrected chi connectivity index (χ3v) is 12.3. The molecule has 0 radical (unpaired) electrons. The van der Waals surface area contributed by atoms with E-state index in [2.05, 4.69) is 19.2 Å². The van der Waals surface area contributed by atoms with Gasteiger partial charge in [0.25, 0.3) is 0 Å². The van der Waals surface area contributed by atoms with Crippen molar-refractivity contribution in [2.24, 2.45) is 0 Å². The molecule has 0 aliphatic carbocycles. The van der Waals surface area contributed by atoms with Crippen molar-refractivity contribution in [3.05, 3.63) is 48.0 Å². The molecule has 1 aliphatic rings. The Bertz CT molecular complexity index is 1640. The molecule has 0 saturated carbocycles. The van der Waals surface area contributed by atoms with E-state index in [1.54, 1.807) is 36.4 Å². The smallest absolute Gasteiger partial charge is 0.338 e. The number of unbranched alkanes of at least 4 members (excludes halogenated alkanes) is 23. The highest BCUT2D eigenvalue weighted by molar-refractivity contribution is 5.89. The van der Waals surface area contributed by atoms with Crippen LogP contribution in [0.15, 0.2) is 42.5 Å². The molecule has 1 heterocycles. The summed E-state index contributed by atoms with van der Waals surface area (Å²) < 4.78 is 40.8. The first kappa shape index (κ1) is 62.7. The summed E-state index contributed by atoms with van der Waals surface area (Å²) in [6, 6.07) is 7.42. The van der Waals surface area contributed by atoms with Crippen LogP contribution in [0.2, 0.25) is 0 Å². The zero-order valence-electron chi connectivity index (χ0n) is 43.5. The molecule has 0 unspecified atom stereocenters. The molecule has 1 fully saturated rings. The monoisotopic (exact) mass is 1000 g/mol. The predicted octanol–water partition coefficient (Wildman–Crippen LogP) is 10.6. The molecule has 0 spiro atoms. The molecular formula is C55H89NO15. The zero-order valence-corrected chi connectivity index (χ0v) is 43.5. The van der Waals surface area contributed by atoms with Crippen LogP contribution >= 0.6 is 0 Å². The highest BCUT2D eigenvalue weighted by atomic mass is 16.7. The summed E-state index contributed by atoms with van der Waals surface area (Å²) in [4.78, 5) is 75.6. The maximum absolute atomic E-state index is 13.8. The Balaban J connectivity index is 2.35. The number of carboxylic acids is 2. The number of carbonyl (C=O) groups excluding carboxylic acids is 4. The number of rotatable bonds is 43. The average molecular weight is 1000 g/mol. The number of amides is 1. The number of nitrogens with one attached hydrogen (secondary N) is 1. The molecule has 1 aliphatic heterocycles. The Morgan fingerprint density at radius 2 is 1.11 bits per heavy atom. The zero-order chi connectivity index (χ0) is 51.9. The molecule has 3 N–H and O–H groups in total. The van der Waals surface area contributed by atoms with Crippen molar-refractivity contribution >= 4 is 35.8 Å². The number of carboxylic acid groups (broad SMARTS) is 2. The number of allylic oxidation sites excluding steroid dienone is 1. The van der Waals surface area contributed by atoms with E-state index in [0.717, 1.165) is 58.8 Å². The molecular weight excluding hydrogens is 915 g/mol. The summed E-state index contributed by atoms with van der Waals surface area (Å²) in [6.07, 6.45) is 24.2. The molecule has 1 aromatic carbocycles. The average Bonchev–Trinajstić information content (AvgIpc) is 3.33. The Morgan fingerprint density at radius 1 is 0.620 bits per heavy atom. The van der Waals surface area contributed by atoms with Gasteiger partial charge in [-0.15, -0.1) is 0 Å². The van der Waals surface area contributed by atoms with Gasteiger partial charge in [0.2, 0.25) is 5.91 Å². The van der Waals surface area contributed by atoms with Crippen LogP contribution < -0.4 is 5.32 Å². The van der Waals surface area contributed by atoms with Crippen LogP contribution in [0.3, 0.4) is 0 Å². The van der Waals surface area contributed by atoms with Gasteiger partial charge in [-0.1, -0.05) is 179 Å². The van der Waals surface area contributed by atoms with E-state index in [4.69, 9.17) is 33.2 Å². The van der Waals surface area contributed by atoms with Crippen LogP contribution in [0, 0.1) is 0 Å². The van der Waals surface area contributed by atoms with Crippen molar-refractivity contribution in [2.45, 2.75) is 237 Å². The van der Waals surface area contributed by atoms with E-state index in [0.29, 0.717) is 18.4 Å². The van der Waals surface area contributed by atoms with Gasteiger partial charge in [-0.05, 0) is 37.5 Å². The fraction of sp³-hybridized carbons (Fsp3) is 0.745. The fourth-order valence-electron chi connectivity index (χ4n) is 8.60. The Morgan fingerprint density at radius 3 is 1.62 bits per heavy atom. The highest BCUT2D eigenvalue weighted by Gasteiger charge is 2.52. The molecule has 1 aromatic rings. The van der Waals surface area contributed by atoms with Crippen LogP contribution in [-0.2, 0) is 57.1 Å². The lowest BCUT2D eigenvalue weighted by atomic mass is 9.98. The minimum absolute atomic E-state index is 0.201. The summed E-state index contributed by atoms with van der Waals surface area (Å²) in [5.41, 5.74) is 0.292. The number of esters is 3. The second-order valence-corrected chi connectivity index (χ2v) is 18.8. The lowest BCUT2D eigenvalue weighted by Gasteiger charge is -2.44. The van der Waals surface area contributed by atoms with Crippen molar-refractivity contribution in [1.82, 2.24) is 5.32 Å². The number of ether oxygens (including phenoxy) is 7. The molecule has 16 heteroatoms. The van der Waals surface area contributed by atoms with Crippen molar-refractivity contribution < 1.29 is 72.1 Å². The van der Waals surface area contributed by atoms with E-state index in [1.165, 1.54) is 103 Å². The van der Waals surface area contributed by atoms with Gasteiger partial charge in [-0.3, -0.25) is 14.4 Å². The number of benzene rings is 1. The first-order chi connectivity index (χ1) is 34.4. The summed E-state index contributed by atoms with van der Waals surface area (Å²) in [6.45, 7) is 4.14. The van der Waals surface area contributed by atoms with E-state index < -0.39 is 99.1 Å². The third kappa shape index (κ3) is 30.3. The predicted molar refractivity (Wildman–Crippen MR) is 270 cm³/mol. The standard InChI is InChI=1S/C55H89NO15/c1-5-7-9-11-13-15-17-19-21-23-25-27-32-36-46(70-54(64)44-34-30-29-31-35-44)45(56-48(59)37-33-28-26-24-22-20-18-16-14-12-10-8-6-2)38-67-55-53(69-43(4)58)52(68-42(3)57)51(66-41-50(62)63)47(71-55)39-65-40-49(60)61/h29-32,34-36,45-47,51-53,55H,5-28,33,37-41H2,1-4H3,(H,56,59)(H,60,61)(H,62,63)/b36-32+/t45-,46+,47+,51-,52-,53+,55-/m0/s1. The fourth-order valence-corrected chi connectivity index (χ4v) is 8.60. The summed E-state index contributed by atoms with van der Waals surface area (Å²) >= 11 is 0. The van der Waals surface area contributed by atoms with Gasteiger partial charge in [0, 0.05) is 20.3 Å². The quantitative estimate of drug-likeness (QED) is 0.0240. The van der Waals surface area contributed by atoms with Crippen LogP contribution in [0.4, 0.5) is 0 Å². The molecule has 71 heavy (non-hydrogen) atoms. The first-order valence-corrected chi connectivity index (χ1v) is 26.8. The van der Waals surface area contributed by atoms with Gasteiger partial charge < -0.3 is 48.7 Å². The van der Waals surface area contributed by atoms with Crippen LogP contribution in [0.25, 0.3) is 0 Å². The first-order valence-electron chi connectivity index (χ1n) is 26.8. The van der Waals surface area contributed by atoms with Gasteiger partial charge >= 0.3 is 29.8 Å². The van der Waals surface area contributed by atoms with Gasteiger partial charge in [0.15, 0.2) is 18.5 Å². The lowest BCUT2D eigenvalue weighted by Crippen LogP contribution is -2.63. The second kappa shape index (κ2) is 40.1. The topological polar surface area (TPSA) is 220 Å². The Kier molecular flexibility index (Phi) is 35.5. The van der Waals surface area contributed by atoms with Crippen molar-refractivity contribution in [3.8, 4) is 0 Å². The van der Waals surface area contributed by atoms with E-state index in [1.807, 2.05) is 6.08 Å². The van der Waals surface area contributed by atoms with E-state index in [-0.39, 0.29) is 12.3 Å². The number of hydrogen-bond acceptors (Lipinski definition) is 13. The summed E-state index contributed by atoms with van der Waals surface area (Å²) in [7, 11) is 0. The highest BCUT2D eigenvalue weighted by Crippen LogP contribution is 2.30. The van der Waals surface area contributed by atoms with Crippen molar-refractivity contribution in [2.75, 3.05) is 26.4 Å². The summed E-state index contributed by atoms with van der Waals surface area (Å²) in [5, 5.41) is 21.8. The number of hydrogen-bond donors (Lipinski definition) is 3. The minimum Gasteiger partial charge on any atom is -0.480 e. The third-order valence-electron chi connectivity index (χ3n) is 12.3. The van der Waals surface area contributed by atoms with Crippen molar-refractivity contribution in [1.29, 1.82) is 0 Å². The molecule has 0 aromatic heterocycles. The Labute approximate surface area is 424 Å². The van der Waals surface area contributed by atoms with Gasteiger partial charge in [-0.2, -0.15) is 0 Å². The van der Waals surface area contributed by atoms with Gasteiger partial charge in [0.1, 0.15) is 31.5 Å². The largest absolute Gasteiger partial charge is 0.480 e. The SMILES string of the molecule is CCCCCCCCCCCCC/C=C/[C@@H](OC(=O)c1ccccc1)[C@H](CO[C@H]1O[C@H](COCC(=O)O)[C@H](OCC(=O)O)[C@H](OC(C)=O)[C@H]1OC(C)=O)NC(=O)CCCCCCCCCCCCCCC. The minimum atomic E-state index is -1.57. The lowest BCUT2D eigenvalue weighted by molar-refractivity contribution is -0.313. The van der Waals surface area contributed by atoms with Crippen molar-refractivity contribution in [3.63, 3.8) is 0 Å². The summed E-state index contributed by atoms with van der Waals surface area (Å²) in [5.74, 6) is -5.27. The molecule has 7 atom stereocenters. The number of aliphatic carboxylic acids is 2. The second-order valence-electron chi connectivity index (χ2n) is 18.8. The van der Waals surface area contributed by atoms with Crippen LogP contribution in [0.5, 0.6) is 0 Å². The maximum Gasteiger partial charge on any atom is 0.338 e. The molecule has 0 bridgehead atoms. The molecule has 404 valence electrons. The molecule has 2 rings (SSSR count). The van der Waals surface area contributed by atoms with Gasteiger partial charge in [-0.25, -0.2) is 14.4 Å². The molecule has 1 amide bonds. The van der Waals surface area contributed by atoms with E-state index in [9.17, 15) is 39.0 Å². The normalized spacial score (nSPS) is 18.7. The van der Waals surface area contributed by atoms with E-state index >= 15 is 0 Å². The van der Waals surface area contributed by atoms with Gasteiger partial charge in [0.05, 0.1) is 24.8 Å². The van der Waals surface area contributed by atoms with Crippen LogP contribution in [-0.4, -0.2) is 115 Å². The number of carbonyl (C=O) groups is 6.